The molecule has 0 saturated heterocycles. The van der Waals surface area contributed by atoms with Crippen LogP contribution in [0.4, 0.5) is 5.69 Å². The number of methoxy groups -OCH3 is 1. The molecule has 1 heterocycles. The minimum atomic E-state index is 0.243. The Hall–Kier alpha value is -2.30. The van der Waals surface area contributed by atoms with Crippen LogP contribution >= 0.6 is 0 Å². The zero-order chi connectivity index (χ0) is 12.3. The average molecular weight is 230 g/mol. The third kappa shape index (κ3) is 2.44. The van der Waals surface area contributed by atoms with E-state index in [-0.39, 0.29) is 5.69 Å². The van der Waals surface area contributed by atoms with E-state index in [1.807, 2.05) is 6.92 Å². The van der Waals surface area contributed by atoms with Crippen LogP contribution < -0.4 is 15.2 Å². The van der Waals surface area contributed by atoms with E-state index in [1.54, 1.807) is 24.4 Å². The van der Waals surface area contributed by atoms with Crippen LogP contribution in [0, 0.1) is 6.92 Å². The van der Waals surface area contributed by atoms with E-state index in [1.165, 1.54) is 13.3 Å². The molecule has 87 valence electrons. The van der Waals surface area contributed by atoms with Crippen molar-refractivity contribution in [2.75, 3.05) is 7.11 Å². The summed E-state index contributed by atoms with van der Waals surface area (Å²) in [5, 5.41) is 0. The van der Waals surface area contributed by atoms with Crippen molar-refractivity contribution in [3.63, 3.8) is 0 Å². The van der Waals surface area contributed by atoms with Crippen molar-refractivity contribution in [1.82, 2.24) is 15.7 Å². The fraction of sp³-hybridized carbons (Fsp3) is 0.167. The fourth-order valence-electron chi connectivity index (χ4n) is 1.38. The van der Waals surface area contributed by atoms with Crippen molar-refractivity contribution in [3.8, 4) is 17.4 Å². The molecule has 1 aromatic carbocycles. The lowest BCUT2D eigenvalue weighted by molar-refractivity contribution is 0.374. The molecule has 1 aromatic heterocycles. The van der Waals surface area contributed by atoms with Gasteiger partial charge < -0.3 is 9.47 Å². The third-order valence-electron chi connectivity index (χ3n) is 2.14. The monoisotopic (exact) mass is 230 g/mol. The van der Waals surface area contributed by atoms with Gasteiger partial charge in [0.25, 0.3) is 0 Å². The lowest BCUT2D eigenvalue weighted by Crippen LogP contribution is -1.95. The van der Waals surface area contributed by atoms with Crippen molar-refractivity contribution < 1.29 is 9.47 Å². The minimum Gasteiger partial charge on any atom is -0.493 e. The topological polar surface area (TPSA) is 68.0 Å². The normalized spacial score (nSPS) is 10.0. The molecule has 0 unspecified atom stereocenters. The summed E-state index contributed by atoms with van der Waals surface area (Å²) in [4.78, 5) is 8.14. The molecule has 0 atom stereocenters. The average Bonchev–Trinajstić information content (AvgIpc) is 2.32. The first-order valence-corrected chi connectivity index (χ1v) is 5.06. The predicted octanol–water partition coefficient (Wildman–Crippen LogP) is 2.50. The Morgan fingerprint density at radius 3 is 2.76 bits per heavy atom. The Morgan fingerprint density at radius 1 is 1.24 bits per heavy atom. The number of aryl methyl sites for hydroxylation is 1. The molecule has 0 saturated carbocycles. The maximum atomic E-state index is 7.76. The molecule has 0 aliphatic carbocycles. The maximum absolute atomic E-state index is 7.76. The van der Waals surface area contributed by atoms with E-state index in [0.29, 0.717) is 17.4 Å². The van der Waals surface area contributed by atoms with Crippen molar-refractivity contribution in [2.45, 2.75) is 6.92 Å². The highest BCUT2D eigenvalue weighted by Gasteiger charge is 2.10. The smallest absolute Gasteiger partial charge is 0.238 e. The Morgan fingerprint density at radius 2 is 2.06 bits per heavy atom. The van der Waals surface area contributed by atoms with Gasteiger partial charge in [0.2, 0.25) is 5.88 Å². The molecule has 0 amide bonds. The molecule has 5 heteroatoms. The van der Waals surface area contributed by atoms with E-state index in [2.05, 4.69) is 9.97 Å². The van der Waals surface area contributed by atoms with Gasteiger partial charge in [-0.2, -0.15) is 0 Å². The summed E-state index contributed by atoms with van der Waals surface area (Å²) in [6.45, 7) is 1.82. The number of nitrogens with one attached hydrogen (secondary N) is 1. The molecular formula is C12H12N3O2. The number of nitrogens with zero attached hydrogens (tertiary/aromatic N) is 2. The van der Waals surface area contributed by atoms with Crippen LogP contribution in [0.3, 0.4) is 0 Å². The third-order valence-corrected chi connectivity index (χ3v) is 2.14. The van der Waals surface area contributed by atoms with Crippen molar-refractivity contribution in [3.05, 3.63) is 36.3 Å². The summed E-state index contributed by atoms with van der Waals surface area (Å²) in [5.41, 5.74) is 8.76. The highest BCUT2D eigenvalue weighted by atomic mass is 16.5. The first kappa shape index (κ1) is 11.2. The first-order chi connectivity index (χ1) is 8.20. The van der Waals surface area contributed by atoms with Crippen LogP contribution in [0.2, 0.25) is 0 Å². The quantitative estimate of drug-likeness (QED) is 0.812. The van der Waals surface area contributed by atoms with Gasteiger partial charge in [-0.25, -0.2) is 4.98 Å². The van der Waals surface area contributed by atoms with E-state index < -0.39 is 0 Å². The molecule has 0 aliphatic rings. The summed E-state index contributed by atoms with van der Waals surface area (Å²) in [6, 6.07) is 5.09. The summed E-state index contributed by atoms with van der Waals surface area (Å²) in [5.74, 6) is 1.19. The van der Waals surface area contributed by atoms with E-state index >= 15 is 0 Å². The Bertz CT molecular complexity index is 529. The number of hydrogen-bond donors (Lipinski definition) is 0. The van der Waals surface area contributed by atoms with Crippen molar-refractivity contribution >= 4 is 5.69 Å². The predicted molar refractivity (Wildman–Crippen MR) is 62.6 cm³/mol. The number of para-hydroxylation sites is 1. The fourth-order valence-corrected chi connectivity index (χ4v) is 1.38. The zero-order valence-corrected chi connectivity index (χ0v) is 9.60. The second kappa shape index (κ2) is 4.69. The minimum absolute atomic E-state index is 0.243. The van der Waals surface area contributed by atoms with Gasteiger partial charge >= 0.3 is 0 Å². The van der Waals surface area contributed by atoms with Crippen LogP contribution in [0.25, 0.3) is 0 Å². The molecule has 2 aromatic rings. The molecule has 17 heavy (non-hydrogen) atoms. The molecule has 0 bridgehead atoms. The van der Waals surface area contributed by atoms with Gasteiger partial charge in [0.05, 0.1) is 19.0 Å². The van der Waals surface area contributed by atoms with Crippen LogP contribution in [0.15, 0.2) is 30.6 Å². The standard InChI is InChI=1S/C12H12N3O2/c1-8-6-14-7-11(15-8)17-12-9(13)4-3-5-10(12)16-2/h3-7,13H,1-2H3. The largest absolute Gasteiger partial charge is 0.493 e. The lowest BCUT2D eigenvalue weighted by atomic mass is 10.3. The van der Waals surface area contributed by atoms with Gasteiger partial charge in [0.15, 0.2) is 11.5 Å². The highest BCUT2D eigenvalue weighted by Crippen LogP contribution is 2.36. The van der Waals surface area contributed by atoms with Crippen LogP contribution in [-0.4, -0.2) is 17.1 Å². The van der Waals surface area contributed by atoms with Gasteiger partial charge in [-0.1, -0.05) is 6.07 Å². The van der Waals surface area contributed by atoms with Crippen LogP contribution in [0.1, 0.15) is 5.69 Å². The van der Waals surface area contributed by atoms with Crippen molar-refractivity contribution in [2.24, 2.45) is 0 Å². The number of hydrogen-bond acceptors (Lipinski definition) is 4. The van der Waals surface area contributed by atoms with Gasteiger partial charge in [0, 0.05) is 6.20 Å². The van der Waals surface area contributed by atoms with Crippen LogP contribution in [-0.2, 0) is 0 Å². The summed E-state index contributed by atoms with van der Waals surface area (Å²) in [6.07, 6.45) is 3.13. The van der Waals surface area contributed by atoms with E-state index in [0.717, 1.165) is 5.69 Å². The molecule has 2 rings (SSSR count). The Balaban J connectivity index is 2.35. The van der Waals surface area contributed by atoms with E-state index in [9.17, 15) is 0 Å². The molecule has 5 nitrogen and oxygen atoms in total. The van der Waals surface area contributed by atoms with Gasteiger partial charge in [-0.3, -0.25) is 10.7 Å². The molecule has 0 spiro atoms. The SMILES string of the molecule is COc1cccc([NH])c1Oc1cncc(C)n1. The molecule has 1 radical (unpaired) electrons. The second-order valence-corrected chi connectivity index (χ2v) is 3.44. The molecule has 0 aliphatic heterocycles. The number of ether oxygens (including phenoxy) is 2. The summed E-state index contributed by atoms with van der Waals surface area (Å²) < 4.78 is 10.7. The summed E-state index contributed by atoms with van der Waals surface area (Å²) in [7, 11) is 1.53. The highest BCUT2D eigenvalue weighted by molar-refractivity contribution is 5.58. The summed E-state index contributed by atoms with van der Waals surface area (Å²) >= 11 is 0. The zero-order valence-electron chi connectivity index (χ0n) is 9.60. The van der Waals surface area contributed by atoms with Gasteiger partial charge in [0.1, 0.15) is 5.69 Å². The van der Waals surface area contributed by atoms with Gasteiger partial charge in [-0.05, 0) is 19.1 Å². The molecular weight excluding hydrogens is 218 g/mol. The molecule has 0 fully saturated rings. The number of aromatic nitrogens is 2. The lowest BCUT2D eigenvalue weighted by Gasteiger charge is -2.10. The van der Waals surface area contributed by atoms with Crippen LogP contribution in [0.5, 0.6) is 17.4 Å². The number of benzene rings is 1. The Kier molecular flexibility index (Phi) is 3.09. The number of rotatable bonds is 3. The van der Waals surface area contributed by atoms with Crippen molar-refractivity contribution in [1.29, 1.82) is 0 Å². The molecule has 1 N–H and O–H groups in total. The maximum Gasteiger partial charge on any atom is 0.238 e. The Labute approximate surface area is 99.2 Å². The van der Waals surface area contributed by atoms with E-state index in [4.69, 9.17) is 15.2 Å². The second-order valence-electron chi connectivity index (χ2n) is 3.44. The first-order valence-electron chi connectivity index (χ1n) is 5.06. The van der Waals surface area contributed by atoms with Gasteiger partial charge in [-0.15, -0.1) is 0 Å².